The third kappa shape index (κ3) is 6.72. The van der Waals surface area contributed by atoms with Crippen LogP contribution in [0.1, 0.15) is 45.1 Å². The normalized spacial score (nSPS) is 13.9. The number of hydrogen-bond donors (Lipinski definition) is 1. The average molecular weight is 665 g/mol. The largest absolute Gasteiger partial charge is 0.478 e. The van der Waals surface area contributed by atoms with Crippen molar-refractivity contribution in [2.45, 2.75) is 32.1 Å². The van der Waals surface area contributed by atoms with Gasteiger partial charge in [-0.25, -0.2) is 32.9 Å². The monoisotopic (exact) mass is 664 g/mol. The van der Waals surface area contributed by atoms with Gasteiger partial charge in [-0.15, -0.1) is 0 Å². The van der Waals surface area contributed by atoms with E-state index in [1.54, 1.807) is 40.8 Å². The number of carboxylic acid groups (broad SMARTS) is 1. The van der Waals surface area contributed by atoms with Crippen LogP contribution in [0.25, 0.3) is 22.3 Å². The summed E-state index contributed by atoms with van der Waals surface area (Å²) in [6, 6.07) is 12.6. The quantitative estimate of drug-likeness (QED) is 0.196. The lowest BCUT2D eigenvalue weighted by molar-refractivity contribution is -0.0589. The molecule has 1 N–H and O–H groups in total. The Bertz CT molecular complexity index is 2290. The third-order valence-corrected chi connectivity index (χ3v) is 8.16. The molecule has 1 atom stereocenters. The highest BCUT2D eigenvalue weighted by Crippen LogP contribution is 2.29. The highest BCUT2D eigenvalue weighted by molar-refractivity contribution is 5.92. The first-order chi connectivity index (χ1) is 23.7. The first kappa shape index (κ1) is 31.6. The first-order valence-electron chi connectivity index (χ1n) is 15.3. The van der Waals surface area contributed by atoms with E-state index >= 15 is 8.78 Å². The van der Waals surface area contributed by atoms with E-state index in [9.17, 15) is 14.3 Å². The van der Waals surface area contributed by atoms with Gasteiger partial charge in [0.2, 0.25) is 5.88 Å². The number of pyridine rings is 2. The Morgan fingerprint density at radius 3 is 2.63 bits per heavy atom. The van der Waals surface area contributed by atoms with Crippen molar-refractivity contribution < 1.29 is 32.5 Å². The number of imidazole rings is 2. The Balaban J connectivity index is 1.09. The average Bonchev–Trinajstić information content (AvgIpc) is 3.64. The lowest BCUT2D eigenvalue weighted by atomic mass is 10.0. The summed E-state index contributed by atoms with van der Waals surface area (Å²) in [7, 11) is 1.80. The zero-order valence-corrected chi connectivity index (χ0v) is 26.0. The van der Waals surface area contributed by atoms with Crippen LogP contribution in [-0.2, 0) is 31.4 Å². The van der Waals surface area contributed by atoms with Gasteiger partial charge in [-0.3, -0.25) is 4.98 Å². The molecule has 1 unspecified atom stereocenters. The Kier molecular flexibility index (Phi) is 8.54. The lowest BCUT2D eigenvalue weighted by Gasteiger charge is -2.27. The van der Waals surface area contributed by atoms with Crippen molar-refractivity contribution in [2.24, 2.45) is 7.05 Å². The SMILES string of the molecule is Cn1cncc1C#Cc1cnc(COc2cccc(-c3cc(F)c(Cc4nc5ccc(C(=O)O)cc5n4CC4CCO4)cc3F)n2)c(F)c1. The molecule has 7 rings (SSSR count). The minimum atomic E-state index is -1.08. The summed E-state index contributed by atoms with van der Waals surface area (Å²) in [5.74, 6) is 3.18. The van der Waals surface area contributed by atoms with E-state index in [1.807, 2.05) is 0 Å². The number of carbonyl (C=O) groups is 1. The number of hydrogen-bond acceptors (Lipinski definition) is 7. The summed E-state index contributed by atoms with van der Waals surface area (Å²) in [4.78, 5) is 28.6. The number of aromatic nitrogens is 6. The highest BCUT2D eigenvalue weighted by atomic mass is 19.1. The zero-order chi connectivity index (χ0) is 34.1. The summed E-state index contributed by atoms with van der Waals surface area (Å²) in [6.07, 6.45) is 5.33. The summed E-state index contributed by atoms with van der Waals surface area (Å²) in [5, 5.41) is 9.49. The van der Waals surface area contributed by atoms with Crippen LogP contribution in [-0.4, -0.2) is 52.9 Å². The summed E-state index contributed by atoms with van der Waals surface area (Å²) in [5.41, 5.74) is 2.36. The van der Waals surface area contributed by atoms with E-state index in [2.05, 4.69) is 31.8 Å². The van der Waals surface area contributed by atoms with Gasteiger partial charge in [0.05, 0.1) is 47.5 Å². The van der Waals surface area contributed by atoms with Crippen LogP contribution >= 0.6 is 0 Å². The zero-order valence-electron chi connectivity index (χ0n) is 26.0. The summed E-state index contributed by atoms with van der Waals surface area (Å²) < 4.78 is 60.7. The van der Waals surface area contributed by atoms with E-state index in [0.717, 1.165) is 18.6 Å². The molecular formula is C36H27F3N6O4. The number of aryl methyl sites for hydroxylation is 1. The van der Waals surface area contributed by atoms with Gasteiger partial charge >= 0.3 is 5.97 Å². The second kappa shape index (κ2) is 13.2. The van der Waals surface area contributed by atoms with Crippen LogP contribution in [0.5, 0.6) is 5.88 Å². The maximum absolute atomic E-state index is 15.6. The van der Waals surface area contributed by atoms with Gasteiger partial charge in [0.1, 0.15) is 41.3 Å². The van der Waals surface area contributed by atoms with Crippen molar-refractivity contribution in [1.82, 2.24) is 29.1 Å². The molecule has 0 radical (unpaired) electrons. The van der Waals surface area contributed by atoms with Gasteiger partial charge in [0, 0.05) is 43.5 Å². The fourth-order valence-electron chi connectivity index (χ4n) is 5.41. The fraction of sp³-hybridized carbons (Fsp3) is 0.194. The Labute approximate surface area is 277 Å². The van der Waals surface area contributed by atoms with Crippen LogP contribution < -0.4 is 4.74 Å². The Morgan fingerprint density at radius 1 is 1.04 bits per heavy atom. The van der Waals surface area contributed by atoms with Gasteiger partial charge in [-0.1, -0.05) is 12.0 Å². The summed E-state index contributed by atoms with van der Waals surface area (Å²) in [6.45, 7) is 0.769. The van der Waals surface area contributed by atoms with Crippen LogP contribution in [0.15, 0.2) is 73.3 Å². The molecule has 0 bridgehead atoms. The van der Waals surface area contributed by atoms with E-state index in [0.29, 0.717) is 41.3 Å². The number of fused-ring (bicyclic) bond motifs is 1. The molecule has 246 valence electrons. The number of nitrogens with zero attached hydrogens (tertiary/aromatic N) is 6. The first-order valence-corrected chi connectivity index (χ1v) is 15.3. The van der Waals surface area contributed by atoms with Gasteiger partial charge in [-0.2, -0.15) is 0 Å². The number of ether oxygens (including phenoxy) is 2. The highest BCUT2D eigenvalue weighted by Gasteiger charge is 2.24. The van der Waals surface area contributed by atoms with Gasteiger partial charge in [0.25, 0.3) is 0 Å². The summed E-state index contributed by atoms with van der Waals surface area (Å²) >= 11 is 0. The molecule has 5 heterocycles. The second-order valence-electron chi connectivity index (χ2n) is 11.5. The molecule has 1 saturated heterocycles. The molecule has 6 aromatic rings. The van der Waals surface area contributed by atoms with E-state index in [4.69, 9.17) is 9.47 Å². The van der Waals surface area contributed by atoms with Crippen LogP contribution in [0.3, 0.4) is 0 Å². The van der Waals surface area contributed by atoms with Crippen molar-refractivity contribution in [2.75, 3.05) is 6.61 Å². The van der Waals surface area contributed by atoms with Crippen LogP contribution in [0.4, 0.5) is 13.2 Å². The van der Waals surface area contributed by atoms with Gasteiger partial charge < -0.3 is 23.7 Å². The minimum absolute atomic E-state index is 0.0222. The smallest absolute Gasteiger partial charge is 0.335 e. The molecule has 4 aromatic heterocycles. The number of rotatable bonds is 9. The molecule has 1 aliphatic heterocycles. The lowest BCUT2D eigenvalue weighted by Crippen LogP contribution is -2.31. The minimum Gasteiger partial charge on any atom is -0.478 e. The predicted octanol–water partition coefficient (Wildman–Crippen LogP) is 5.70. The molecule has 1 fully saturated rings. The molecule has 1 aliphatic rings. The molecule has 49 heavy (non-hydrogen) atoms. The predicted molar refractivity (Wildman–Crippen MR) is 171 cm³/mol. The van der Waals surface area contributed by atoms with E-state index in [1.165, 1.54) is 36.5 Å². The molecule has 13 heteroatoms. The maximum atomic E-state index is 15.6. The van der Waals surface area contributed by atoms with Crippen molar-refractivity contribution >= 4 is 17.0 Å². The van der Waals surface area contributed by atoms with Crippen molar-refractivity contribution in [1.29, 1.82) is 0 Å². The molecule has 10 nitrogen and oxygen atoms in total. The van der Waals surface area contributed by atoms with Crippen molar-refractivity contribution in [3.8, 4) is 29.0 Å². The second-order valence-corrected chi connectivity index (χ2v) is 11.5. The standard InChI is InChI=1S/C36H27F3N6O4/c1-44-20-40-17-24(44)7-5-21-11-29(39)32(41-16-21)19-49-35-4-2-3-30(43-35)26-15-27(37)23(12-28(26)38)14-34-42-31-8-6-22(36(46)47)13-33(31)45(34)18-25-9-10-48-25/h2-4,6,8,11-13,15-17,20,25H,9-10,14,18-19H2,1H3,(H,46,47). The van der Waals surface area contributed by atoms with Crippen LogP contribution in [0.2, 0.25) is 0 Å². The van der Waals surface area contributed by atoms with Crippen molar-refractivity contribution in [3.05, 3.63) is 125 Å². The topological polar surface area (TPSA) is 117 Å². The van der Waals surface area contributed by atoms with Gasteiger partial charge in [0.15, 0.2) is 0 Å². The third-order valence-electron chi connectivity index (χ3n) is 8.16. The molecule has 0 spiro atoms. The number of benzene rings is 2. The number of halogens is 3. The molecule has 2 aromatic carbocycles. The molecule has 0 saturated carbocycles. The molecular weight excluding hydrogens is 637 g/mol. The maximum Gasteiger partial charge on any atom is 0.335 e. The van der Waals surface area contributed by atoms with E-state index in [-0.39, 0.29) is 53.1 Å². The number of carboxylic acids is 1. The molecule has 0 aliphatic carbocycles. The molecule has 0 amide bonds. The van der Waals surface area contributed by atoms with E-state index < -0.39 is 23.4 Å². The van der Waals surface area contributed by atoms with Crippen molar-refractivity contribution in [3.63, 3.8) is 0 Å². The van der Waals surface area contributed by atoms with Gasteiger partial charge in [-0.05, 0) is 60.4 Å². The fourth-order valence-corrected chi connectivity index (χ4v) is 5.41. The Morgan fingerprint density at radius 2 is 1.90 bits per heavy atom. The van der Waals surface area contributed by atoms with Crippen LogP contribution in [0, 0.1) is 29.3 Å². The Hall–Kier alpha value is -6.00. The number of aromatic carboxylic acids is 1.